The second-order valence-electron chi connectivity index (χ2n) is 5.50. The number of fused-ring (bicyclic) bond motifs is 1. The van der Waals surface area contributed by atoms with Crippen molar-refractivity contribution in [1.29, 1.82) is 0 Å². The van der Waals surface area contributed by atoms with E-state index in [1.165, 1.54) is 29.4 Å². The molecule has 0 saturated carbocycles. The molecule has 24 heavy (non-hydrogen) atoms. The maximum atomic E-state index is 12.8. The van der Waals surface area contributed by atoms with E-state index in [2.05, 4.69) is 10.1 Å². The van der Waals surface area contributed by atoms with Crippen LogP contribution in [-0.4, -0.2) is 34.9 Å². The van der Waals surface area contributed by atoms with Crippen molar-refractivity contribution in [3.63, 3.8) is 0 Å². The lowest BCUT2D eigenvalue weighted by Gasteiger charge is -2.11. The Balaban J connectivity index is 2.27. The van der Waals surface area contributed by atoms with Crippen molar-refractivity contribution in [2.75, 3.05) is 0 Å². The van der Waals surface area contributed by atoms with Gasteiger partial charge in [0.25, 0.3) is 5.56 Å². The molecule has 1 atom stereocenters. The van der Waals surface area contributed by atoms with Crippen molar-refractivity contribution < 1.29 is 14.4 Å². The van der Waals surface area contributed by atoms with Crippen molar-refractivity contribution >= 4 is 17.1 Å². The number of hydrogen-bond acceptors (Lipinski definition) is 6. The number of carboxylic acid groups (broad SMARTS) is 1. The average Bonchev–Trinajstić information content (AvgIpc) is 3.15. The number of imidazole rings is 1. The zero-order valence-electron chi connectivity index (χ0n) is 13.3. The Hall–Kier alpha value is -3.17. The summed E-state index contributed by atoms with van der Waals surface area (Å²) >= 11 is 0. The van der Waals surface area contributed by atoms with Crippen LogP contribution in [0.1, 0.15) is 24.4 Å². The molecule has 10 nitrogen and oxygen atoms in total. The van der Waals surface area contributed by atoms with Gasteiger partial charge in [0.15, 0.2) is 11.2 Å². The summed E-state index contributed by atoms with van der Waals surface area (Å²) in [4.78, 5) is 40.4. The zero-order valence-corrected chi connectivity index (χ0v) is 13.3. The van der Waals surface area contributed by atoms with Crippen LogP contribution in [0.2, 0.25) is 0 Å². The van der Waals surface area contributed by atoms with Gasteiger partial charge in [0.1, 0.15) is 17.5 Å². The van der Waals surface area contributed by atoms with Crippen LogP contribution in [0.3, 0.4) is 0 Å². The molecule has 0 bridgehead atoms. The van der Waals surface area contributed by atoms with Gasteiger partial charge >= 0.3 is 11.7 Å². The molecular formula is C14H15N5O5. The highest BCUT2D eigenvalue weighted by Gasteiger charge is 2.22. The molecule has 3 aromatic heterocycles. The van der Waals surface area contributed by atoms with E-state index >= 15 is 0 Å². The summed E-state index contributed by atoms with van der Waals surface area (Å²) in [5.74, 6) is -0.554. The third-order valence-electron chi connectivity index (χ3n) is 3.83. The van der Waals surface area contributed by atoms with Crippen LogP contribution in [0.15, 0.2) is 26.5 Å². The Labute approximate surface area is 134 Å². The van der Waals surface area contributed by atoms with Gasteiger partial charge in [-0.05, 0) is 13.8 Å². The van der Waals surface area contributed by atoms with Gasteiger partial charge in [0.05, 0.1) is 12.9 Å². The summed E-state index contributed by atoms with van der Waals surface area (Å²) in [5, 5.41) is 13.0. The fourth-order valence-electron chi connectivity index (χ4n) is 2.50. The number of carbonyl (C=O) groups is 1. The number of hydrogen-bond donors (Lipinski definition) is 1. The van der Waals surface area contributed by atoms with Gasteiger partial charge in [-0.25, -0.2) is 14.6 Å². The van der Waals surface area contributed by atoms with E-state index in [4.69, 9.17) is 4.52 Å². The van der Waals surface area contributed by atoms with Crippen molar-refractivity contribution in [3.8, 4) is 0 Å². The predicted molar refractivity (Wildman–Crippen MR) is 81.9 cm³/mol. The fraction of sp³-hybridized carbons (Fsp3) is 0.357. The first-order chi connectivity index (χ1) is 11.3. The van der Waals surface area contributed by atoms with E-state index < -0.39 is 23.3 Å². The third-order valence-corrected chi connectivity index (χ3v) is 3.83. The molecular weight excluding hydrogens is 318 g/mol. The lowest BCUT2D eigenvalue weighted by molar-refractivity contribution is -0.140. The lowest BCUT2D eigenvalue weighted by Crippen LogP contribution is -2.40. The summed E-state index contributed by atoms with van der Waals surface area (Å²) in [5.41, 5.74) is -0.595. The number of rotatable bonds is 4. The molecule has 0 fully saturated rings. The molecule has 0 aromatic carbocycles. The molecule has 3 aromatic rings. The largest absolute Gasteiger partial charge is 0.480 e. The highest BCUT2D eigenvalue weighted by Crippen LogP contribution is 2.13. The van der Waals surface area contributed by atoms with Gasteiger partial charge in [-0.15, -0.1) is 0 Å². The SMILES string of the molecule is Cc1cc(Cn2c(=O)c3c(ncn3C(C)C(=O)O)n(C)c2=O)no1. The second-order valence-corrected chi connectivity index (χ2v) is 5.50. The summed E-state index contributed by atoms with van der Waals surface area (Å²) in [7, 11) is 1.47. The van der Waals surface area contributed by atoms with E-state index in [1.54, 1.807) is 13.0 Å². The summed E-state index contributed by atoms with van der Waals surface area (Å²) in [6, 6.07) is 0.621. The van der Waals surface area contributed by atoms with E-state index in [0.29, 0.717) is 11.5 Å². The van der Waals surface area contributed by atoms with Crippen LogP contribution in [-0.2, 0) is 18.4 Å². The molecule has 1 N–H and O–H groups in total. The van der Waals surface area contributed by atoms with Crippen LogP contribution < -0.4 is 11.2 Å². The molecule has 0 saturated heterocycles. The normalized spacial score (nSPS) is 12.6. The van der Waals surface area contributed by atoms with Gasteiger partial charge in [-0.1, -0.05) is 5.16 Å². The molecule has 126 valence electrons. The highest BCUT2D eigenvalue weighted by molar-refractivity contribution is 5.76. The quantitative estimate of drug-likeness (QED) is 0.706. The van der Waals surface area contributed by atoms with Crippen molar-refractivity contribution in [3.05, 3.63) is 44.7 Å². The smallest absolute Gasteiger partial charge is 0.332 e. The lowest BCUT2D eigenvalue weighted by atomic mass is 10.3. The van der Waals surface area contributed by atoms with Crippen LogP contribution in [0.25, 0.3) is 11.2 Å². The Bertz CT molecular complexity index is 1050. The maximum absolute atomic E-state index is 12.8. The number of nitrogens with zero attached hydrogens (tertiary/aromatic N) is 5. The molecule has 3 heterocycles. The molecule has 0 aliphatic carbocycles. The number of carboxylic acids is 1. The standard InChI is InChI=1S/C14H15N5O5/c1-7-4-9(16-24-7)5-18-12(20)10-11(17(3)14(18)23)15-6-19(10)8(2)13(21)22/h4,6,8H,5H2,1-3H3,(H,21,22). The molecule has 10 heteroatoms. The van der Waals surface area contributed by atoms with Gasteiger partial charge < -0.3 is 14.2 Å². The van der Waals surface area contributed by atoms with Crippen LogP contribution >= 0.6 is 0 Å². The van der Waals surface area contributed by atoms with Crippen molar-refractivity contribution in [1.82, 2.24) is 23.8 Å². The highest BCUT2D eigenvalue weighted by atomic mass is 16.5. The third kappa shape index (κ3) is 2.32. The summed E-state index contributed by atoms with van der Waals surface area (Å²) < 4.78 is 8.36. The first kappa shape index (κ1) is 15.7. The van der Waals surface area contributed by atoms with E-state index in [-0.39, 0.29) is 17.7 Å². The first-order valence-corrected chi connectivity index (χ1v) is 7.12. The topological polar surface area (TPSA) is 125 Å². The first-order valence-electron chi connectivity index (χ1n) is 7.12. The molecule has 0 spiro atoms. The van der Waals surface area contributed by atoms with Gasteiger partial charge in [-0.2, -0.15) is 0 Å². The number of aliphatic carboxylic acids is 1. The molecule has 3 rings (SSSR count). The van der Waals surface area contributed by atoms with Gasteiger partial charge in [-0.3, -0.25) is 13.9 Å². The predicted octanol–water partition coefficient (Wildman–Crippen LogP) is -0.113. The van der Waals surface area contributed by atoms with Gasteiger partial charge in [0, 0.05) is 13.1 Å². The fourth-order valence-corrected chi connectivity index (χ4v) is 2.50. The molecule has 0 radical (unpaired) electrons. The molecule has 0 amide bonds. The molecule has 1 unspecified atom stereocenters. The Morgan fingerprint density at radius 3 is 2.71 bits per heavy atom. The van der Waals surface area contributed by atoms with E-state index in [1.807, 2.05) is 0 Å². The van der Waals surface area contributed by atoms with Crippen molar-refractivity contribution in [2.24, 2.45) is 7.05 Å². The average molecular weight is 333 g/mol. The zero-order chi connectivity index (χ0) is 17.6. The van der Waals surface area contributed by atoms with Crippen LogP contribution in [0, 0.1) is 6.92 Å². The number of aryl methyl sites for hydroxylation is 2. The van der Waals surface area contributed by atoms with E-state index in [0.717, 1.165) is 4.57 Å². The molecule has 0 aliphatic heterocycles. The minimum Gasteiger partial charge on any atom is -0.480 e. The molecule has 0 aliphatic rings. The Morgan fingerprint density at radius 1 is 1.42 bits per heavy atom. The minimum atomic E-state index is -1.11. The van der Waals surface area contributed by atoms with E-state index in [9.17, 15) is 19.5 Å². The summed E-state index contributed by atoms with van der Waals surface area (Å²) in [6.45, 7) is 3.05. The monoisotopic (exact) mass is 333 g/mol. The minimum absolute atomic E-state index is 0.0483. The Kier molecular flexibility index (Phi) is 3.59. The van der Waals surface area contributed by atoms with Gasteiger partial charge in [0.2, 0.25) is 0 Å². The summed E-state index contributed by atoms with van der Waals surface area (Å²) in [6.07, 6.45) is 1.24. The maximum Gasteiger partial charge on any atom is 0.332 e. The van der Waals surface area contributed by atoms with Crippen LogP contribution in [0.4, 0.5) is 0 Å². The van der Waals surface area contributed by atoms with Crippen LogP contribution in [0.5, 0.6) is 0 Å². The number of aromatic nitrogens is 5. The Morgan fingerprint density at radius 2 is 2.12 bits per heavy atom. The second kappa shape index (κ2) is 5.48. The van der Waals surface area contributed by atoms with Crippen molar-refractivity contribution in [2.45, 2.75) is 26.4 Å².